The minimum Gasteiger partial charge on any atom is -0.480 e. The van der Waals surface area contributed by atoms with E-state index in [2.05, 4.69) is 5.32 Å². The van der Waals surface area contributed by atoms with Gasteiger partial charge >= 0.3 is 5.97 Å². The SMILES string of the molecule is O=C(N[C@@H](CCc1ccccc1)C(=O)O)C1CCCCO1. The summed E-state index contributed by atoms with van der Waals surface area (Å²) in [4.78, 5) is 23.3. The molecule has 1 aliphatic heterocycles. The fourth-order valence-electron chi connectivity index (χ4n) is 2.43. The van der Waals surface area contributed by atoms with E-state index in [9.17, 15) is 14.7 Å². The van der Waals surface area contributed by atoms with Crippen LogP contribution in [0.3, 0.4) is 0 Å². The fraction of sp³-hybridized carbons (Fsp3) is 0.500. The summed E-state index contributed by atoms with van der Waals surface area (Å²) in [5, 5.41) is 11.8. The Morgan fingerprint density at radius 2 is 2.05 bits per heavy atom. The van der Waals surface area contributed by atoms with Crippen LogP contribution in [0, 0.1) is 0 Å². The molecule has 1 fully saturated rings. The van der Waals surface area contributed by atoms with Gasteiger partial charge in [-0.05, 0) is 37.7 Å². The number of nitrogens with one attached hydrogen (secondary N) is 1. The maximum Gasteiger partial charge on any atom is 0.326 e. The fourth-order valence-corrected chi connectivity index (χ4v) is 2.43. The molecule has 1 aromatic rings. The van der Waals surface area contributed by atoms with E-state index in [1.54, 1.807) is 0 Å². The van der Waals surface area contributed by atoms with E-state index in [0.29, 0.717) is 25.9 Å². The van der Waals surface area contributed by atoms with E-state index in [1.165, 1.54) is 0 Å². The molecule has 0 aliphatic carbocycles. The Balaban J connectivity index is 1.86. The van der Waals surface area contributed by atoms with Gasteiger partial charge in [-0.25, -0.2) is 4.79 Å². The number of hydrogen-bond donors (Lipinski definition) is 2. The van der Waals surface area contributed by atoms with Crippen LogP contribution in [0.1, 0.15) is 31.2 Å². The van der Waals surface area contributed by atoms with Crippen molar-refractivity contribution in [1.82, 2.24) is 5.32 Å². The van der Waals surface area contributed by atoms with Crippen molar-refractivity contribution in [3.8, 4) is 0 Å². The highest BCUT2D eigenvalue weighted by Gasteiger charge is 2.26. The van der Waals surface area contributed by atoms with E-state index in [0.717, 1.165) is 18.4 Å². The monoisotopic (exact) mass is 291 g/mol. The van der Waals surface area contributed by atoms with Gasteiger partial charge in [-0.1, -0.05) is 30.3 Å². The molecule has 1 amide bonds. The first-order chi connectivity index (χ1) is 10.2. The van der Waals surface area contributed by atoms with Crippen molar-refractivity contribution < 1.29 is 19.4 Å². The zero-order valence-electron chi connectivity index (χ0n) is 12.0. The number of aryl methyl sites for hydroxylation is 1. The van der Waals surface area contributed by atoms with Gasteiger partial charge in [0.25, 0.3) is 0 Å². The van der Waals surface area contributed by atoms with Crippen LogP contribution >= 0.6 is 0 Å². The zero-order valence-corrected chi connectivity index (χ0v) is 12.0. The third-order valence-electron chi connectivity index (χ3n) is 3.65. The van der Waals surface area contributed by atoms with Gasteiger partial charge in [0.15, 0.2) is 0 Å². The number of carbonyl (C=O) groups is 2. The third kappa shape index (κ3) is 4.86. The van der Waals surface area contributed by atoms with Gasteiger partial charge in [-0.3, -0.25) is 4.79 Å². The summed E-state index contributed by atoms with van der Waals surface area (Å²) in [6.07, 6.45) is 3.05. The van der Waals surface area contributed by atoms with Crippen LogP contribution in [0.4, 0.5) is 0 Å². The second-order valence-corrected chi connectivity index (χ2v) is 5.28. The first-order valence-corrected chi connectivity index (χ1v) is 7.35. The van der Waals surface area contributed by atoms with Gasteiger partial charge in [0.05, 0.1) is 0 Å². The molecular weight excluding hydrogens is 270 g/mol. The molecule has 0 radical (unpaired) electrons. The van der Waals surface area contributed by atoms with Crippen LogP contribution in [-0.4, -0.2) is 35.7 Å². The lowest BCUT2D eigenvalue weighted by molar-refractivity contribution is -0.145. The number of rotatable bonds is 6. The minimum absolute atomic E-state index is 0.310. The molecule has 0 spiro atoms. The van der Waals surface area contributed by atoms with Gasteiger partial charge in [0.1, 0.15) is 12.1 Å². The molecule has 114 valence electrons. The van der Waals surface area contributed by atoms with Crippen molar-refractivity contribution in [2.45, 2.75) is 44.2 Å². The Morgan fingerprint density at radius 3 is 2.67 bits per heavy atom. The normalized spacial score (nSPS) is 19.7. The van der Waals surface area contributed by atoms with Gasteiger partial charge in [-0.15, -0.1) is 0 Å². The Kier molecular flexibility index (Phi) is 5.75. The van der Waals surface area contributed by atoms with Crippen molar-refractivity contribution >= 4 is 11.9 Å². The molecule has 1 aliphatic rings. The molecule has 0 saturated carbocycles. The Hall–Kier alpha value is -1.88. The minimum atomic E-state index is -1.00. The highest BCUT2D eigenvalue weighted by atomic mass is 16.5. The molecule has 2 rings (SSSR count). The maximum atomic E-state index is 12.0. The average Bonchev–Trinajstić information content (AvgIpc) is 2.52. The molecule has 2 atom stereocenters. The highest BCUT2D eigenvalue weighted by molar-refractivity contribution is 5.86. The summed E-state index contributed by atoms with van der Waals surface area (Å²) in [6, 6.07) is 8.78. The van der Waals surface area contributed by atoms with Gasteiger partial charge in [0, 0.05) is 6.61 Å². The largest absolute Gasteiger partial charge is 0.480 e. The quantitative estimate of drug-likeness (QED) is 0.837. The number of amides is 1. The number of carboxylic acid groups (broad SMARTS) is 1. The standard InChI is InChI=1S/C16H21NO4/c18-15(14-8-4-5-11-21-14)17-13(16(19)20)10-9-12-6-2-1-3-7-12/h1-3,6-7,13-14H,4-5,8-11H2,(H,17,18)(H,19,20)/t13-,14?/m0/s1. The first kappa shape index (κ1) is 15.5. The van der Waals surface area contributed by atoms with Crippen molar-refractivity contribution in [2.75, 3.05) is 6.61 Å². The lowest BCUT2D eigenvalue weighted by Crippen LogP contribution is -2.47. The molecular formula is C16H21NO4. The maximum absolute atomic E-state index is 12.0. The molecule has 5 heteroatoms. The Bertz CT molecular complexity index is 468. The third-order valence-corrected chi connectivity index (χ3v) is 3.65. The number of carbonyl (C=O) groups excluding carboxylic acids is 1. The topological polar surface area (TPSA) is 75.6 Å². The number of aliphatic carboxylic acids is 1. The van der Waals surface area contributed by atoms with Gasteiger partial charge in [0.2, 0.25) is 5.91 Å². The van der Waals surface area contributed by atoms with Crippen molar-refractivity contribution in [2.24, 2.45) is 0 Å². The van der Waals surface area contributed by atoms with E-state index in [4.69, 9.17) is 4.74 Å². The Morgan fingerprint density at radius 1 is 1.29 bits per heavy atom. The number of hydrogen-bond acceptors (Lipinski definition) is 3. The van der Waals surface area contributed by atoms with Crippen molar-refractivity contribution in [3.63, 3.8) is 0 Å². The van der Waals surface area contributed by atoms with E-state index < -0.39 is 18.1 Å². The van der Waals surface area contributed by atoms with Crippen molar-refractivity contribution in [3.05, 3.63) is 35.9 Å². The predicted octanol–water partition coefficient (Wildman–Crippen LogP) is 1.76. The van der Waals surface area contributed by atoms with Crippen LogP contribution in [0.5, 0.6) is 0 Å². The molecule has 0 bridgehead atoms. The summed E-state index contributed by atoms with van der Waals surface area (Å²) in [5.41, 5.74) is 1.06. The summed E-state index contributed by atoms with van der Waals surface area (Å²) >= 11 is 0. The number of benzene rings is 1. The molecule has 1 saturated heterocycles. The van der Waals surface area contributed by atoms with Crippen LogP contribution in [0.25, 0.3) is 0 Å². The summed E-state index contributed by atoms with van der Waals surface area (Å²) in [5.74, 6) is -1.31. The molecule has 1 aromatic carbocycles. The predicted molar refractivity (Wildman–Crippen MR) is 77.9 cm³/mol. The lowest BCUT2D eigenvalue weighted by Gasteiger charge is -2.23. The van der Waals surface area contributed by atoms with E-state index in [-0.39, 0.29) is 5.91 Å². The van der Waals surface area contributed by atoms with Crippen LogP contribution in [0.2, 0.25) is 0 Å². The van der Waals surface area contributed by atoms with Crippen LogP contribution < -0.4 is 5.32 Å². The van der Waals surface area contributed by atoms with E-state index in [1.807, 2.05) is 30.3 Å². The second kappa shape index (κ2) is 7.78. The Labute approximate surface area is 124 Å². The second-order valence-electron chi connectivity index (χ2n) is 5.28. The molecule has 1 heterocycles. The smallest absolute Gasteiger partial charge is 0.326 e. The first-order valence-electron chi connectivity index (χ1n) is 7.35. The summed E-state index contributed by atoms with van der Waals surface area (Å²) in [7, 11) is 0. The number of carboxylic acids is 1. The highest BCUT2D eigenvalue weighted by Crippen LogP contribution is 2.13. The van der Waals surface area contributed by atoms with Crippen molar-refractivity contribution in [1.29, 1.82) is 0 Å². The molecule has 21 heavy (non-hydrogen) atoms. The van der Waals surface area contributed by atoms with E-state index >= 15 is 0 Å². The van der Waals surface area contributed by atoms with Gasteiger partial charge < -0.3 is 15.2 Å². The van der Waals surface area contributed by atoms with Crippen LogP contribution in [-0.2, 0) is 20.7 Å². The molecule has 0 aromatic heterocycles. The van der Waals surface area contributed by atoms with Crippen LogP contribution in [0.15, 0.2) is 30.3 Å². The molecule has 1 unspecified atom stereocenters. The lowest BCUT2D eigenvalue weighted by atomic mass is 10.0. The number of ether oxygens (including phenoxy) is 1. The van der Waals surface area contributed by atoms with Gasteiger partial charge in [-0.2, -0.15) is 0 Å². The molecule has 5 nitrogen and oxygen atoms in total. The zero-order chi connectivity index (χ0) is 15.1. The summed E-state index contributed by atoms with van der Waals surface area (Å²) < 4.78 is 5.38. The summed E-state index contributed by atoms with van der Waals surface area (Å²) in [6.45, 7) is 0.569. The molecule has 2 N–H and O–H groups in total. The average molecular weight is 291 g/mol.